The third-order valence-electron chi connectivity index (χ3n) is 5.00. The third kappa shape index (κ3) is 3.79. The maximum Gasteiger partial charge on any atom is 0.387 e. The fourth-order valence-corrected chi connectivity index (χ4v) is 3.77. The predicted octanol–water partition coefficient (Wildman–Crippen LogP) is 4.34. The number of halogens is 2. The predicted molar refractivity (Wildman–Crippen MR) is 96.0 cm³/mol. The van der Waals surface area contributed by atoms with Gasteiger partial charge in [0.1, 0.15) is 5.75 Å². The first-order valence-electron chi connectivity index (χ1n) is 8.82. The van der Waals surface area contributed by atoms with Crippen LogP contribution in [0.3, 0.4) is 0 Å². The molecule has 1 fully saturated rings. The van der Waals surface area contributed by atoms with E-state index in [2.05, 4.69) is 40.0 Å². The van der Waals surface area contributed by atoms with Gasteiger partial charge in [0.15, 0.2) is 0 Å². The molecule has 1 saturated heterocycles. The highest BCUT2D eigenvalue weighted by molar-refractivity contribution is 5.68. The number of alkyl halides is 2. The number of nitrogens with zero attached hydrogens (tertiary/aromatic N) is 1. The Labute approximate surface area is 151 Å². The third-order valence-corrected chi connectivity index (χ3v) is 5.00. The van der Waals surface area contributed by atoms with E-state index in [1.165, 1.54) is 11.1 Å². The van der Waals surface area contributed by atoms with Gasteiger partial charge in [-0.25, -0.2) is 0 Å². The van der Waals surface area contributed by atoms with Crippen LogP contribution in [0.25, 0.3) is 5.57 Å². The molecule has 2 bridgehead atoms. The molecule has 5 heteroatoms. The number of benzene rings is 2. The first-order chi connectivity index (χ1) is 12.7. The van der Waals surface area contributed by atoms with Crippen LogP contribution in [0, 0.1) is 0 Å². The quantitative estimate of drug-likeness (QED) is 0.794. The number of ether oxygens (including phenoxy) is 2. The molecule has 26 heavy (non-hydrogen) atoms. The zero-order valence-corrected chi connectivity index (χ0v) is 14.4. The van der Waals surface area contributed by atoms with Gasteiger partial charge < -0.3 is 9.47 Å². The van der Waals surface area contributed by atoms with E-state index in [1.807, 2.05) is 18.2 Å². The zero-order valence-electron chi connectivity index (χ0n) is 14.4. The second-order valence-corrected chi connectivity index (χ2v) is 6.72. The van der Waals surface area contributed by atoms with Gasteiger partial charge in [0.25, 0.3) is 0 Å². The molecule has 4 rings (SSSR count). The Morgan fingerprint density at radius 1 is 1.04 bits per heavy atom. The molecular weight excluding hydrogens is 336 g/mol. The Balaban J connectivity index is 1.52. The van der Waals surface area contributed by atoms with Crippen LogP contribution in [0.15, 0.2) is 60.7 Å². The average molecular weight is 357 g/mol. The van der Waals surface area contributed by atoms with Gasteiger partial charge in [-0.05, 0) is 35.3 Å². The van der Waals surface area contributed by atoms with Gasteiger partial charge in [-0.2, -0.15) is 8.78 Å². The standard InChI is InChI=1S/C21H21F2NO2/c22-21(23)26-20-8-6-16(7-9-20)17-10-18-13-25-14-19(11-17)24(18)12-15-4-2-1-3-5-15/h1-10,18-19,21H,11-14H2. The van der Waals surface area contributed by atoms with Crippen LogP contribution in [-0.2, 0) is 11.3 Å². The second-order valence-electron chi connectivity index (χ2n) is 6.72. The Hall–Kier alpha value is -2.24. The highest BCUT2D eigenvalue weighted by Crippen LogP contribution is 2.34. The first-order valence-corrected chi connectivity index (χ1v) is 8.82. The van der Waals surface area contributed by atoms with Crippen molar-refractivity contribution in [3.63, 3.8) is 0 Å². The van der Waals surface area contributed by atoms with Crippen molar-refractivity contribution < 1.29 is 18.3 Å². The van der Waals surface area contributed by atoms with E-state index in [4.69, 9.17) is 4.74 Å². The van der Waals surface area contributed by atoms with Crippen molar-refractivity contribution >= 4 is 5.57 Å². The maximum atomic E-state index is 12.3. The summed E-state index contributed by atoms with van der Waals surface area (Å²) in [5.41, 5.74) is 3.61. The lowest BCUT2D eigenvalue weighted by Gasteiger charge is -2.44. The van der Waals surface area contributed by atoms with Crippen LogP contribution in [-0.4, -0.2) is 36.8 Å². The first kappa shape index (κ1) is 17.2. The summed E-state index contributed by atoms with van der Waals surface area (Å²) in [6.07, 6.45) is 3.14. The molecule has 3 nitrogen and oxygen atoms in total. The molecule has 0 spiro atoms. The van der Waals surface area contributed by atoms with Crippen LogP contribution < -0.4 is 4.74 Å². The summed E-state index contributed by atoms with van der Waals surface area (Å²) >= 11 is 0. The summed E-state index contributed by atoms with van der Waals surface area (Å²) in [7, 11) is 0. The number of fused-ring (bicyclic) bond motifs is 2. The summed E-state index contributed by atoms with van der Waals surface area (Å²) in [4.78, 5) is 2.50. The SMILES string of the molecule is FC(F)Oc1ccc(C2=CC3COCC(C2)N3Cc2ccccc2)cc1. The molecular formula is C21H21F2NO2. The van der Waals surface area contributed by atoms with Gasteiger partial charge >= 0.3 is 6.61 Å². The van der Waals surface area contributed by atoms with E-state index in [1.54, 1.807) is 12.1 Å². The molecule has 0 amide bonds. The molecule has 136 valence electrons. The number of hydrogen-bond acceptors (Lipinski definition) is 3. The van der Waals surface area contributed by atoms with Gasteiger partial charge in [0, 0.05) is 12.6 Å². The van der Waals surface area contributed by atoms with Gasteiger partial charge in [0.2, 0.25) is 0 Å². The Morgan fingerprint density at radius 3 is 2.50 bits per heavy atom. The average Bonchev–Trinajstić information content (AvgIpc) is 2.62. The summed E-state index contributed by atoms with van der Waals surface area (Å²) in [5.74, 6) is 0.189. The fraction of sp³-hybridized carbons (Fsp3) is 0.333. The van der Waals surface area contributed by atoms with Crippen LogP contribution in [0.2, 0.25) is 0 Å². The summed E-state index contributed by atoms with van der Waals surface area (Å²) < 4.78 is 34.8. The van der Waals surface area contributed by atoms with Gasteiger partial charge in [-0.3, -0.25) is 4.90 Å². The van der Waals surface area contributed by atoms with Gasteiger partial charge in [-0.1, -0.05) is 48.5 Å². The van der Waals surface area contributed by atoms with E-state index in [0.717, 1.165) is 18.5 Å². The van der Waals surface area contributed by atoms with Crippen molar-refractivity contribution in [2.24, 2.45) is 0 Å². The van der Waals surface area contributed by atoms with Crippen LogP contribution in [0.4, 0.5) is 8.78 Å². The second kappa shape index (κ2) is 7.56. The van der Waals surface area contributed by atoms with E-state index < -0.39 is 6.61 Å². The molecule has 2 unspecified atom stereocenters. The molecule has 2 atom stereocenters. The summed E-state index contributed by atoms with van der Waals surface area (Å²) in [6, 6.07) is 17.9. The Bertz CT molecular complexity index is 761. The molecule has 0 radical (unpaired) electrons. The molecule has 0 aliphatic carbocycles. The largest absolute Gasteiger partial charge is 0.435 e. The fourth-order valence-electron chi connectivity index (χ4n) is 3.77. The lowest BCUT2D eigenvalue weighted by Crippen LogP contribution is -2.53. The smallest absolute Gasteiger partial charge is 0.387 e. The lowest BCUT2D eigenvalue weighted by molar-refractivity contribution is -0.0498. The zero-order chi connectivity index (χ0) is 17.9. The minimum absolute atomic E-state index is 0.189. The van der Waals surface area contributed by atoms with E-state index in [0.29, 0.717) is 19.3 Å². The Kier molecular flexibility index (Phi) is 5.00. The Morgan fingerprint density at radius 2 is 1.81 bits per heavy atom. The van der Waals surface area contributed by atoms with Gasteiger partial charge in [-0.15, -0.1) is 0 Å². The number of rotatable bonds is 5. The van der Waals surface area contributed by atoms with Crippen molar-refractivity contribution in [1.29, 1.82) is 0 Å². The summed E-state index contributed by atoms with van der Waals surface area (Å²) in [6.45, 7) is -0.491. The summed E-state index contributed by atoms with van der Waals surface area (Å²) in [5, 5.41) is 0. The minimum atomic E-state index is -2.79. The van der Waals surface area contributed by atoms with Crippen LogP contribution in [0.1, 0.15) is 17.5 Å². The number of hydrogen-bond donors (Lipinski definition) is 0. The molecule has 2 aliphatic heterocycles. The minimum Gasteiger partial charge on any atom is -0.435 e. The normalized spacial score (nSPS) is 23.0. The van der Waals surface area contributed by atoms with Crippen molar-refractivity contribution in [2.45, 2.75) is 31.7 Å². The highest BCUT2D eigenvalue weighted by atomic mass is 19.3. The molecule has 0 saturated carbocycles. The van der Waals surface area contributed by atoms with E-state index >= 15 is 0 Å². The highest BCUT2D eigenvalue weighted by Gasteiger charge is 2.34. The molecule has 2 heterocycles. The van der Waals surface area contributed by atoms with E-state index in [9.17, 15) is 8.78 Å². The van der Waals surface area contributed by atoms with Crippen LogP contribution in [0.5, 0.6) is 5.75 Å². The lowest BCUT2D eigenvalue weighted by atomic mass is 9.89. The molecule has 0 aromatic heterocycles. The van der Waals surface area contributed by atoms with Crippen LogP contribution >= 0.6 is 0 Å². The van der Waals surface area contributed by atoms with E-state index in [-0.39, 0.29) is 11.8 Å². The molecule has 0 N–H and O–H groups in total. The number of morpholine rings is 1. The molecule has 2 aliphatic rings. The molecule has 2 aromatic rings. The molecule has 2 aromatic carbocycles. The van der Waals surface area contributed by atoms with Crippen molar-refractivity contribution in [1.82, 2.24) is 4.90 Å². The van der Waals surface area contributed by atoms with Crippen molar-refractivity contribution in [3.05, 3.63) is 71.8 Å². The topological polar surface area (TPSA) is 21.7 Å². The monoisotopic (exact) mass is 357 g/mol. The van der Waals surface area contributed by atoms with Crippen molar-refractivity contribution in [3.8, 4) is 5.75 Å². The van der Waals surface area contributed by atoms with Crippen molar-refractivity contribution in [2.75, 3.05) is 13.2 Å². The maximum absolute atomic E-state index is 12.3. The van der Waals surface area contributed by atoms with Gasteiger partial charge in [0.05, 0.1) is 19.3 Å².